The first kappa shape index (κ1) is 18.3. The fourth-order valence-electron chi connectivity index (χ4n) is 2.71. The molecule has 0 aliphatic rings. The van der Waals surface area contributed by atoms with Gasteiger partial charge in [0.2, 0.25) is 5.43 Å². The van der Waals surface area contributed by atoms with Gasteiger partial charge in [0.25, 0.3) is 5.91 Å². The van der Waals surface area contributed by atoms with Crippen molar-refractivity contribution in [2.24, 2.45) is 0 Å². The molecule has 2 aromatic heterocycles. The minimum atomic E-state index is -0.547. The van der Waals surface area contributed by atoms with Crippen molar-refractivity contribution in [2.75, 3.05) is 5.32 Å². The Bertz CT molecular complexity index is 1060. The van der Waals surface area contributed by atoms with Crippen molar-refractivity contribution in [1.29, 1.82) is 0 Å². The van der Waals surface area contributed by atoms with Gasteiger partial charge in [0.15, 0.2) is 0 Å². The lowest BCUT2D eigenvalue weighted by Crippen LogP contribution is -2.24. The minimum Gasteiger partial charge on any atom is -0.331 e. The van der Waals surface area contributed by atoms with Crippen LogP contribution >= 0.6 is 15.9 Å². The average molecular weight is 418 g/mol. The van der Waals surface area contributed by atoms with Gasteiger partial charge in [0.1, 0.15) is 17.0 Å². The van der Waals surface area contributed by atoms with Crippen LogP contribution in [0.25, 0.3) is 11.0 Å². The van der Waals surface area contributed by atoms with Crippen molar-refractivity contribution < 1.29 is 9.18 Å². The van der Waals surface area contributed by atoms with E-state index in [4.69, 9.17) is 0 Å². The highest BCUT2D eigenvalue weighted by molar-refractivity contribution is 9.10. The molecule has 0 saturated carbocycles. The summed E-state index contributed by atoms with van der Waals surface area (Å²) in [5, 5.41) is 3.05. The number of fused-ring (bicyclic) bond motifs is 1. The number of hydrogen-bond acceptors (Lipinski definition) is 3. The number of aryl methyl sites for hydroxylation is 2. The highest BCUT2D eigenvalue weighted by atomic mass is 79.9. The van der Waals surface area contributed by atoms with E-state index in [-0.39, 0.29) is 11.0 Å². The molecule has 26 heavy (non-hydrogen) atoms. The van der Waals surface area contributed by atoms with Crippen LogP contribution in [0.1, 0.15) is 29.4 Å². The molecular weight excluding hydrogens is 401 g/mol. The van der Waals surface area contributed by atoms with Gasteiger partial charge >= 0.3 is 0 Å². The maximum Gasteiger partial charge on any atom is 0.261 e. The van der Waals surface area contributed by atoms with Crippen LogP contribution in [-0.2, 0) is 6.54 Å². The minimum absolute atomic E-state index is 0.0211. The highest BCUT2D eigenvalue weighted by Crippen LogP contribution is 2.23. The highest BCUT2D eigenvalue weighted by Gasteiger charge is 2.17. The van der Waals surface area contributed by atoms with E-state index in [1.807, 2.05) is 18.4 Å². The number of carbonyl (C=O) groups excluding carboxylic acids is 1. The zero-order chi connectivity index (χ0) is 18.8. The number of hydrogen-bond donors (Lipinski definition) is 1. The summed E-state index contributed by atoms with van der Waals surface area (Å²) >= 11 is 3.21. The number of carbonyl (C=O) groups is 1. The Hall–Kier alpha value is -2.54. The van der Waals surface area contributed by atoms with E-state index in [0.29, 0.717) is 27.7 Å². The molecular formula is C19H17BrFN3O2. The van der Waals surface area contributed by atoms with Gasteiger partial charge in [-0.15, -0.1) is 0 Å². The Balaban J connectivity index is 2.09. The van der Waals surface area contributed by atoms with E-state index in [2.05, 4.69) is 26.2 Å². The molecule has 1 N–H and O–H groups in total. The molecule has 0 spiro atoms. The van der Waals surface area contributed by atoms with Crippen molar-refractivity contribution in [3.05, 3.63) is 68.3 Å². The van der Waals surface area contributed by atoms with Gasteiger partial charge in [0, 0.05) is 22.9 Å². The first-order valence-corrected chi connectivity index (χ1v) is 8.97. The van der Waals surface area contributed by atoms with Crippen molar-refractivity contribution in [3.63, 3.8) is 0 Å². The van der Waals surface area contributed by atoms with E-state index >= 15 is 0 Å². The van der Waals surface area contributed by atoms with Gasteiger partial charge in [-0.05, 0) is 59.6 Å². The summed E-state index contributed by atoms with van der Waals surface area (Å²) in [6, 6.07) is 7.36. The van der Waals surface area contributed by atoms with Gasteiger partial charge in [-0.3, -0.25) is 9.59 Å². The molecule has 0 aliphatic carbocycles. The third-order valence-electron chi connectivity index (χ3n) is 3.95. The lowest BCUT2D eigenvalue weighted by molar-refractivity contribution is 0.102. The lowest BCUT2D eigenvalue weighted by atomic mass is 10.1. The molecule has 5 nitrogen and oxygen atoms in total. The molecule has 2 heterocycles. The third kappa shape index (κ3) is 3.53. The molecule has 1 amide bonds. The Morgan fingerprint density at radius 1 is 1.31 bits per heavy atom. The Kier molecular flexibility index (Phi) is 5.18. The fraction of sp³-hybridized carbons (Fsp3) is 0.211. The normalized spacial score (nSPS) is 10.9. The van der Waals surface area contributed by atoms with Gasteiger partial charge in [0.05, 0.1) is 11.1 Å². The number of amides is 1. The summed E-state index contributed by atoms with van der Waals surface area (Å²) in [6.45, 7) is 4.50. The Labute approximate surface area is 158 Å². The van der Waals surface area contributed by atoms with E-state index < -0.39 is 11.7 Å². The maximum atomic E-state index is 13.2. The van der Waals surface area contributed by atoms with Gasteiger partial charge < -0.3 is 9.88 Å². The summed E-state index contributed by atoms with van der Waals surface area (Å²) in [5.74, 6) is -0.970. The van der Waals surface area contributed by atoms with Crippen LogP contribution in [-0.4, -0.2) is 15.5 Å². The maximum absolute atomic E-state index is 13.2. The van der Waals surface area contributed by atoms with Crippen LogP contribution in [0.15, 0.2) is 45.8 Å². The second-order valence-electron chi connectivity index (χ2n) is 5.97. The molecule has 1 aromatic carbocycles. The van der Waals surface area contributed by atoms with Gasteiger partial charge in [-0.2, -0.15) is 0 Å². The molecule has 0 aliphatic heterocycles. The number of halogens is 2. The van der Waals surface area contributed by atoms with Crippen molar-refractivity contribution >= 4 is 38.6 Å². The topological polar surface area (TPSA) is 64.0 Å². The molecule has 3 rings (SSSR count). The number of nitrogens with zero attached hydrogens (tertiary/aromatic N) is 2. The van der Waals surface area contributed by atoms with E-state index in [9.17, 15) is 14.0 Å². The zero-order valence-corrected chi connectivity index (χ0v) is 15.9. The molecule has 0 atom stereocenters. The van der Waals surface area contributed by atoms with Crippen LogP contribution < -0.4 is 10.7 Å². The summed E-state index contributed by atoms with van der Waals surface area (Å²) < 4.78 is 15.4. The fourth-order valence-corrected chi connectivity index (χ4v) is 3.16. The summed E-state index contributed by atoms with van der Waals surface area (Å²) in [6.07, 6.45) is 2.37. The standard InChI is InChI=1S/C19H17BrFN3O2/c1-3-8-24-10-14(17(25)13-6-4-11(2)22-18(13)24)19(26)23-16-7-5-12(21)9-15(16)20/h4-7,9-10H,3,8H2,1-2H3,(H,23,26). The second kappa shape index (κ2) is 7.37. The Morgan fingerprint density at radius 3 is 2.77 bits per heavy atom. The SMILES string of the molecule is CCCn1cc(C(=O)Nc2ccc(F)cc2Br)c(=O)c2ccc(C)nc21. The lowest BCUT2D eigenvalue weighted by Gasteiger charge is -2.13. The first-order chi connectivity index (χ1) is 12.4. The van der Waals surface area contributed by atoms with E-state index in [1.54, 1.807) is 12.1 Å². The van der Waals surface area contributed by atoms with Crippen LogP contribution in [0.4, 0.5) is 10.1 Å². The number of rotatable bonds is 4. The number of nitrogens with one attached hydrogen (secondary N) is 1. The largest absolute Gasteiger partial charge is 0.331 e. The first-order valence-electron chi connectivity index (χ1n) is 8.18. The molecule has 0 bridgehead atoms. The number of aromatic nitrogens is 2. The summed E-state index contributed by atoms with van der Waals surface area (Å²) in [7, 11) is 0. The number of pyridine rings is 2. The number of anilines is 1. The zero-order valence-electron chi connectivity index (χ0n) is 14.3. The Morgan fingerprint density at radius 2 is 2.08 bits per heavy atom. The molecule has 3 aromatic rings. The predicted molar refractivity (Wildman–Crippen MR) is 103 cm³/mol. The summed E-state index contributed by atoms with van der Waals surface area (Å²) in [4.78, 5) is 29.9. The van der Waals surface area contributed by atoms with Crippen LogP contribution in [0.3, 0.4) is 0 Å². The van der Waals surface area contributed by atoms with Gasteiger partial charge in [-0.25, -0.2) is 9.37 Å². The molecule has 0 unspecified atom stereocenters. The smallest absolute Gasteiger partial charge is 0.261 e. The molecule has 134 valence electrons. The number of benzene rings is 1. The monoisotopic (exact) mass is 417 g/mol. The van der Waals surface area contributed by atoms with Crippen LogP contribution in [0, 0.1) is 12.7 Å². The van der Waals surface area contributed by atoms with E-state index in [0.717, 1.165) is 12.1 Å². The third-order valence-corrected chi connectivity index (χ3v) is 4.61. The van der Waals surface area contributed by atoms with Crippen LogP contribution in [0.5, 0.6) is 0 Å². The second-order valence-corrected chi connectivity index (χ2v) is 6.82. The van der Waals surface area contributed by atoms with Crippen LogP contribution in [0.2, 0.25) is 0 Å². The average Bonchev–Trinajstić information content (AvgIpc) is 2.59. The summed E-state index contributed by atoms with van der Waals surface area (Å²) in [5.41, 5.74) is 1.40. The van der Waals surface area contributed by atoms with Crippen molar-refractivity contribution in [1.82, 2.24) is 9.55 Å². The van der Waals surface area contributed by atoms with Gasteiger partial charge in [-0.1, -0.05) is 6.92 Å². The predicted octanol–water partition coefficient (Wildman–Crippen LogP) is 4.27. The van der Waals surface area contributed by atoms with Crippen molar-refractivity contribution in [2.45, 2.75) is 26.8 Å². The molecule has 0 radical (unpaired) electrons. The van der Waals surface area contributed by atoms with Crippen molar-refractivity contribution in [3.8, 4) is 0 Å². The molecule has 0 saturated heterocycles. The quantitative estimate of drug-likeness (QED) is 0.689. The molecule has 7 heteroatoms. The molecule has 0 fully saturated rings. The van der Waals surface area contributed by atoms with E-state index in [1.165, 1.54) is 24.4 Å².